The van der Waals surface area contributed by atoms with Crippen LogP contribution < -0.4 is 5.73 Å². The molecule has 1 aliphatic rings. The molecule has 9 heavy (non-hydrogen) atoms. The number of nitrogens with two attached hydrogens (primary N) is 1. The van der Waals surface area contributed by atoms with Gasteiger partial charge in [0.05, 0.1) is 6.10 Å². The maximum atomic E-state index is 8.93. The van der Waals surface area contributed by atoms with Crippen molar-refractivity contribution in [2.24, 2.45) is 5.73 Å². The first-order valence-electron chi connectivity index (χ1n) is 2.81. The Morgan fingerprint density at radius 1 is 1.67 bits per heavy atom. The normalized spacial score (nSPS) is 33.6. The summed E-state index contributed by atoms with van der Waals surface area (Å²) in [5, 5.41) is 8.93. The Balaban J connectivity index is 0.000000640. The van der Waals surface area contributed by atoms with Crippen molar-refractivity contribution in [3.63, 3.8) is 0 Å². The predicted octanol–water partition coefficient (Wildman–Crippen LogP) is -0.175. The minimum Gasteiger partial charge on any atom is -0.498 e. The van der Waals surface area contributed by atoms with Gasteiger partial charge in [-0.15, -0.1) is 0 Å². The van der Waals surface area contributed by atoms with Crippen LogP contribution in [0.3, 0.4) is 0 Å². The summed E-state index contributed by atoms with van der Waals surface area (Å²) < 4.78 is 0. The van der Waals surface area contributed by atoms with Crippen molar-refractivity contribution < 1.29 is 22.2 Å². The molecule has 0 spiro atoms. The summed E-state index contributed by atoms with van der Waals surface area (Å²) in [5.41, 5.74) is 5.46. The van der Waals surface area contributed by atoms with Gasteiger partial charge in [0.25, 0.3) is 0 Å². The molecule has 0 saturated carbocycles. The molecule has 3 N–H and O–H groups in total. The fourth-order valence-corrected chi connectivity index (χ4v) is 0.748. The molecule has 2 atom stereocenters. The van der Waals surface area contributed by atoms with Gasteiger partial charge in [-0.1, -0.05) is 6.42 Å². The molecule has 1 aliphatic carbocycles. The zero-order valence-electron chi connectivity index (χ0n) is 4.97. The summed E-state index contributed by atoms with van der Waals surface area (Å²) in [6.07, 6.45) is 5.83. The van der Waals surface area contributed by atoms with Crippen LogP contribution in [0.4, 0.5) is 0 Å². The third-order valence-electron chi connectivity index (χ3n) is 1.35. The number of aliphatic hydroxyl groups is 1. The van der Waals surface area contributed by atoms with Crippen LogP contribution in [0.5, 0.6) is 0 Å². The fourth-order valence-electron chi connectivity index (χ4n) is 0.748. The van der Waals surface area contributed by atoms with Gasteiger partial charge in [0.1, 0.15) is 0 Å². The largest absolute Gasteiger partial charge is 1.00 e. The topological polar surface area (TPSA) is 46.2 Å². The molecule has 3 heteroatoms. The van der Waals surface area contributed by atoms with Crippen molar-refractivity contribution in [2.45, 2.75) is 25.0 Å². The van der Waals surface area contributed by atoms with Crippen molar-refractivity contribution in [2.75, 3.05) is 0 Å². The van der Waals surface area contributed by atoms with Crippen LogP contribution in [-0.4, -0.2) is 17.3 Å². The zero-order valence-corrected chi connectivity index (χ0v) is 5.91. The van der Waals surface area contributed by atoms with E-state index >= 15 is 0 Å². The molecule has 0 amide bonds. The number of aliphatic hydroxyl groups excluding tert-OH is 1. The van der Waals surface area contributed by atoms with Crippen LogP contribution in [0.2, 0.25) is 0 Å². The van der Waals surface area contributed by atoms with Gasteiger partial charge < -0.3 is 16.9 Å². The standard InChI is InChI=1S/C6H10NO.Cu/c7-5-3-1-2-4-6(5)8;/h4-6,8H,1,3,7H2;/q-1;+1/t5-,6?;/m1./s1. The second-order valence-electron chi connectivity index (χ2n) is 2.06. The average Bonchev–Trinajstić information content (AvgIpc) is 1.77. The van der Waals surface area contributed by atoms with Crippen LogP contribution >= 0.6 is 0 Å². The Morgan fingerprint density at radius 3 is 2.67 bits per heavy atom. The molecule has 56 valence electrons. The summed E-state index contributed by atoms with van der Waals surface area (Å²) in [5.74, 6) is 0. The van der Waals surface area contributed by atoms with E-state index in [4.69, 9.17) is 10.8 Å². The van der Waals surface area contributed by atoms with Crippen molar-refractivity contribution in [3.05, 3.63) is 12.2 Å². The van der Waals surface area contributed by atoms with Gasteiger partial charge in [-0.05, 0) is 0 Å². The monoisotopic (exact) mass is 175 g/mol. The molecular formula is C6H10CuNO. The Kier molecular flexibility index (Phi) is 4.15. The zero-order chi connectivity index (χ0) is 5.98. The predicted molar refractivity (Wildman–Crippen MR) is 31.0 cm³/mol. The van der Waals surface area contributed by atoms with Gasteiger partial charge in [-0.25, -0.2) is 6.08 Å². The van der Waals surface area contributed by atoms with E-state index in [1.807, 2.05) is 0 Å². The summed E-state index contributed by atoms with van der Waals surface area (Å²) in [6, 6.07) is -0.0590. The first kappa shape index (κ1) is 9.18. The van der Waals surface area contributed by atoms with Gasteiger partial charge in [0.15, 0.2) is 0 Å². The fraction of sp³-hybridized carbons (Fsp3) is 0.667. The molecule has 0 aromatic heterocycles. The van der Waals surface area contributed by atoms with Crippen LogP contribution in [0.15, 0.2) is 6.08 Å². The maximum Gasteiger partial charge on any atom is 1.00 e. The van der Waals surface area contributed by atoms with Gasteiger partial charge in [0.2, 0.25) is 0 Å². The minimum absolute atomic E-state index is 0. The van der Waals surface area contributed by atoms with E-state index in [1.54, 1.807) is 6.08 Å². The Labute approximate surface area is 65.6 Å². The SMILES string of the molecule is N[C@@H]1CC[C-]=CC1O.[Cu+]. The van der Waals surface area contributed by atoms with Crippen LogP contribution in [0.1, 0.15) is 12.8 Å². The molecule has 0 bridgehead atoms. The van der Waals surface area contributed by atoms with Crippen molar-refractivity contribution in [1.82, 2.24) is 0 Å². The molecule has 0 fully saturated rings. The second kappa shape index (κ2) is 4.07. The quantitative estimate of drug-likeness (QED) is 0.397. The first-order chi connectivity index (χ1) is 3.80. The minimum atomic E-state index is -0.455. The molecular weight excluding hydrogens is 166 g/mol. The first-order valence-corrected chi connectivity index (χ1v) is 2.81. The van der Waals surface area contributed by atoms with Gasteiger partial charge in [-0.2, -0.15) is 6.42 Å². The number of hydrogen-bond donors (Lipinski definition) is 2. The Hall–Kier alpha value is 0.179. The van der Waals surface area contributed by atoms with E-state index in [-0.39, 0.29) is 23.1 Å². The van der Waals surface area contributed by atoms with E-state index in [2.05, 4.69) is 6.08 Å². The van der Waals surface area contributed by atoms with Gasteiger partial charge >= 0.3 is 17.1 Å². The molecule has 0 aliphatic heterocycles. The third-order valence-corrected chi connectivity index (χ3v) is 1.35. The van der Waals surface area contributed by atoms with Crippen molar-refractivity contribution in [1.29, 1.82) is 0 Å². The van der Waals surface area contributed by atoms with E-state index in [1.165, 1.54) is 0 Å². The molecule has 0 heterocycles. The summed E-state index contributed by atoms with van der Waals surface area (Å²) >= 11 is 0. The number of rotatable bonds is 0. The summed E-state index contributed by atoms with van der Waals surface area (Å²) in [7, 11) is 0. The second-order valence-corrected chi connectivity index (χ2v) is 2.06. The maximum absolute atomic E-state index is 8.93. The third kappa shape index (κ3) is 2.50. The summed E-state index contributed by atoms with van der Waals surface area (Å²) in [6.45, 7) is 0. The average molecular weight is 176 g/mol. The van der Waals surface area contributed by atoms with E-state index in [0.717, 1.165) is 12.8 Å². The molecule has 0 radical (unpaired) electrons. The Bertz CT molecular complexity index is 105. The van der Waals surface area contributed by atoms with E-state index in [9.17, 15) is 0 Å². The van der Waals surface area contributed by atoms with Crippen LogP contribution in [0.25, 0.3) is 0 Å². The smallest absolute Gasteiger partial charge is 0.498 e. The van der Waals surface area contributed by atoms with Crippen molar-refractivity contribution in [3.8, 4) is 0 Å². The molecule has 2 nitrogen and oxygen atoms in total. The molecule has 0 aromatic rings. The van der Waals surface area contributed by atoms with Crippen LogP contribution in [-0.2, 0) is 17.1 Å². The number of allylic oxidation sites excluding steroid dienone is 1. The molecule has 0 aromatic carbocycles. The molecule has 1 rings (SSSR count). The van der Waals surface area contributed by atoms with Gasteiger partial charge in [-0.3, -0.25) is 0 Å². The number of hydrogen-bond acceptors (Lipinski definition) is 2. The van der Waals surface area contributed by atoms with Crippen molar-refractivity contribution >= 4 is 0 Å². The molecule has 1 unspecified atom stereocenters. The van der Waals surface area contributed by atoms with E-state index in [0.29, 0.717) is 0 Å². The molecule has 0 saturated heterocycles. The summed E-state index contributed by atoms with van der Waals surface area (Å²) in [4.78, 5) is 0. The van der Waals surface area contributed by atoms with Gasteiger partial charge in [0, 0.05) is 6.04 Å². The Morgan fingerprint density at radius 2 is 2.33 bits per heavy atom. The van der Waals surface area contributed by atoms with Crippen LogP contribution in [0, 0.1) is 6.08 Å². The van der Waals surface area contributed by atoms with E-state index < -0.39 is 6.10 Å².